The SMILES string of the molecule is CN(C(=O)[C@H]1CCCN(S(=O)(=O)c2cc(Cl)ccc2Cl)C1)c1ccc(F)cc1. The summed E-state index contributed by atoms with van der Waals surface area (Å²) in [6.45, 7) is 0.352. The lowest BCUT2D eigenvalue weighted by Crippen LogP contribution is -2.46. The highest BCUT2D eigenvalue weighted by atomic mass is 35.5. The van der Waals surface area contributed by atoms with E-state index in [1.807, 2.05) is 0 Å². The molecule has 1 saturated heterocycles. The number of hydrogen-bond donors (Lipinski definition) is 0. The Labute approximate surface area is 173 Å². The van der Waals surface area contributed by atoms with Crippen LogP contribution in [0.3, 0.4) is 0 Å². The fourth-order valence-corrected chi connectivity index (χ4v) is 5.50. The van der Waals surface area contributed by atoms with Gasteiger partial charge in [0.25, 0.3) is 0 Å². The number of hydrogen-bond acceptors (Lipinski definition) is 3. The van der Waals surface area contributed by atoms with Crippen molar-refractivity contribution in [2.45, 2.75) is 17.7 Å². The van der Waals surface area contributed by atoms with Crippen molar-refractivity contribution in [2.75, 3.05) is 25.0 Å². The maximum absolute atomic E-state index is 13.1. The van der Waals surface area contributed by atoms with Crippen molar-refractivity contribution < 1.29 is 17.6 Å². The molecule has 0 unspecified atom stereocenters. The van der Waals surface area contributed by atoms with E-state index < -0.39 is 21.8 Å². The number of nitrogens with zero attached hydrogens (tertiary/aromatic N) is 2. The number of sulfonamides is 1. The first-order chi connectivity index (χ1) is 13.2. The summed E-state index contributed by atoms with van der Waals surface area (Å²) >= 11 is 12.0. The molecule has 0 radical (unpaired) electrons. The Morgan fingerprint density at radius 2 is 1.86 bits per heavy atom. The van der Waals surface area contributed by atoms with Gasteiger partial charge < -0.3 is 4.90 Å². The summed E-state index contributed by atoms with van der Waals surface area (Å²) in [6.07, 6.45) is 1.12. The average molecular weight is 445 g/mol. The topological polar surface area (TPSA) is 57.7 Å². The van der Waals surface area contributed by atoms with Gasteiger partial charge in [-0.1, -0.05) is 23.2 Å². The van der Waals surface area contributed by atoms with Crippen molar-refractivity contribution in [1.82, 2.24) is 4.31 Å². The van der Waals surface area contributed by atoms with E-state index in [1.54, 1.807) is 7.05 Å². The zero-order valence-corrected chi connectivity index (χ0v) is 17.4. The molecule has 28 heavy (non-hydrogen) atoms. The monoisotopic (exact) mass is 444 g/mol. The van der Waals surface area contributed by atoms with Gasteiger partial charge in [-0.15, -0.1) is 0 Å². The van der Waals surface area contributed by atoms with Crippen LogP contribution in [0, 0.1) is 11.7 Å². The van der Waals surface area contributed by atoms with Crippen molar-refractivity contribution >= 4 is 44.8 Å². The molecule has 0 spiro atoms. The fraction of sp³-hybridized carbons (Fsp3) is 0.316. The van der Waals surface area contributed by atoms with E-state index in [4.69, 9.17) is 23.2 Å². The molecule has 1 atom stereocenters. The van der Waals surface area contributed by atoms with Crippen LogP contribution in [0.5, 0.6) is 0 Å². The summed E-state index contributed by atoms with van der Waals surface area (Å²) in [6, 6.07) is 9.84. The molecule has 1 aliphatic heterocycles. The number of benzene rings is 2. The van der Waals surface area contributed by atoms with Crippen molar-refractivity contribution in [3.8, 4) is 0 Å². The Morgan fingerprint density at radius 1 is 1.18 bits per heavy atom. The Morgan fingerprint density at radius 3 is 2.54 bits per heavy atom. The van der Waals surface area contributed by atoms with Gasteiger partial charge in [-0.05, 0) is 55.3 Å². The normalized spacial score (nSPS) is 18.1. The lowest BCUT2D eigenvalue weighted by Gasteiger charge is -2.33. The van der Waals surface area contributed by atoms with Gasteiger partial charge in [0.2, 0.25) is 15.9 Å². The number of anilines is 1. The second kappa shape index (κ2) is 8.37. The van der Waals surface area contributed by atoms with Crippen LogP contribution >= 0.6 is 23.2 Å². The van der Waals surface area contributed by atoms with E-state index in [0.29, 0.717) is 25.1 Å². The lowest BCUT2D eigenvalue weighted by atomic mass is 9.98. The van der Waals surface area contributed by atoms with Crippen molar-refractivity contribution in [3.05, 3.63) is 58.3 Å². The molecule has 1 amide bonds. The van der Waals surface area contributed by atoms with Gasteiger partial charge in [-0.3, -0.25) is 4.79 Å². The predicted molar refractivity (Wildman–Crippen MR) is 108 cm³/mol. The largest absolute Gasteiger partial charge is 0.315 e. The summed E-state index contributed by atoms with van der Waals surface area (Å²) in [4.78, 5) is 14.2. The maximum atomic E-state index is 13.1. The first kappa shape index (κ1) is 21.0. The predicted octanol–water partition coefficient (Wildman–Crippen LogP) is 4.20. The lowest BCUT2D eigenvalue weighted by molar-refractivity contribution is -0.123. The quantitative estimate of drug-likeness (QED) is 0.709. The molecule has 0 aromatic heterocycles. The van der Waals surface area contributed by atoms with Crippen LogP contribution in [0.1, 0.15) is 12.8 Å². The van der Waals surface area contributed by atoms with Crippen LogP contribution in [-0.4, -0.2) is 38.8 Å². The maximum Gasteiger partial charge on any atom is 0.244 e. The second-order valence-corrected chi connectivity index (χ2v) is 9.40. The molecule has 0 bridgehead atoms. The van der Waals surface area contributed by atoms with E-state index in [-0.39, 0.29) is 27.4 Å². The Balaban J connectivity index is 1.80. The first-order valence-corrected chi connectivity index (χ1v) is 10.9. The van der Waals surface area contributed by atoms with Gasteiger partial charge in [0, 0.05) is 30.8 Å². The number of amides is 1. The van der Waals surface area contributed by atoms with E-state index >= 15 is 0 Å². The minimum Gasteiger partial charge on any atom is -0.315 e. The molecule has 9 heteroatoms. The van der Waals surface area contributed by atoms with Crippen LogP contribution in [-0.2, 0) is 14.8 Å². The van der Waals surface area contributed by atoms with Gasteiger partial charge in [0.1, 0.15) is 10.7 Å². The molecule has 1 heterocycles. The zero-order chi connectivity index (χ0) is 20.5. The molecule has 150 valence electrons. The molecular formula is C19H19Cl2FN2O3S. The number of rotatable bonds is 4. The number of piperidine rings is 1. The second-order valence-electron chi connectivity index (χ2n) is 6.65. The van der Waals surface area contributed by atoms with E-state index in [2.05, 4.69) is 0 Å². The molecule has 1 fully saturated rings. The number of carbonyl (C=O) groups is 1. The first-order valence-electron chi connectivity index (χ1n) is 8.68. The van der Waals surface area contributed by atoms with Crippen LogP contribution in [0.4, 0.5) is 10.1 Å². The molecule has 0 N–H and O–H groups in total. The average Bonchev–Trinajstić information content (AvgIpc) is 2.69. The van der Waals surface area contributed by atoms with E-state index in [9.17, 15) is 17.6 Å². The van der Waals surface area contributed by atoms with E-state index in [0.717, 1.165) is 0 Å². The third kappa shape index (κ3) is 4.33. The molecule has 0 aliphatic carbocycles. The molecule has 2 aromatic rings. The molecule has 2 aromatic carbocycles. The minimum atomic E-state index is -3.88. The zero-order valence-electron chi connectivity index (χ0n) is 15.1. The smallest absolute Gasteiger partial charge is 0.244 e. The molecule has 5 nitrogen and oxygen atoms in total. The number of carbonyl (C=O) groups excluding carboxylic acids is 1. The Bertz CT molecular complexity index is 983. The van der Waals surface area contributed by atoms with Gasteiger partial charge in [-0.2, -0.15) is 4.31 Å². The van der Waals surface area contributed by atoms with Crippen LogP contribution in [0.2, 0.25) is 10.0 Å². The molecule has 1 aliphatic rings. The molecule has 0 saturated carbocycles. The minimum absolute atomic E-state index is 0.0511. The Kier molecular flexibility index (Phi) is 6.29. The highest BCUT2D eigenvalue weighted by Gasteiger charge is 2.35. The van der Waals surface area contributed by atoms with Crippen LogP contribution in [0.25, 0.3) is 0 Å². The standard InChI is InChI=1S/C19H19Cl2FN2O3S/c1-23(16-7-5-15(22)6-8-16)19(25)13-3-2-10-24(12-13)28(26,27)18-11-14(20)4-9-17(18)21/h4-9,11,13H,2-3,10,12H2,1H3/t13-/m0/s1. The Hall–Kier alpha value is -1.67. The summed E-state index contributed by atoms with van der Waals surface area (Å²) in [5, 5.41) is 0.352. The third-order valence-electron chi connectivity index (χ3n) is 4.79. The van der Waals surface area contributed by atoms with Crippen molar-refractivity contribution in [2.24, 2.45) is 5.92 Å². The summed E-state index contributed by atoms with van der Waals surface area (Å²) in [5.41, 5.74) is 0.546. The summed E-state index contributed by atoms with van der Waals surface area (Å²) in [7, 11) is -2.29. The van der Waals surface area contributed by atoms with Gasteiger partial charge in [0.15, 0.2) is 0 Å². The molecular weight excluding hydrogens is 426 g/mol. The summed E-state index contributed by atoms with van der Waals surface area (Å²) in [5.74, 6) is -1.11. The highest BCUT2D eigenvalue weighted by molar-refractivity contribution is 7.89. The number of halogens is 3. The fourth-order valence-electron chi connectivity index (χ4n) is 3.24. The van der Waals surface area contributed by atoms with Gasteiger partial charge in [0.05, 0.1) is 10.9 Å². The summed E-state index contributed by atoms with van der Waals surface area (Å²) < 4.78 is 40.4. The molecule has 3 rings (SSSR count). The van der Waals surface area contributed by atoms with Crippen molar-refractivity contribution in [3.63, 3.8) is 0 Å². The van der Waals surface area contributed by atoms with Crippen molar-refractivity contribution in [1.29, 1.82) is 0 Å². The van der Waals surface area contributed by atoms with Gasteiger partial charge in [-0.25, -0.2) is 12.8 Å². The highest BCUT2D eigenvalue weighted by Crippen LogP contribution is 2.31. The van der Waals surface area contributed by atoms with E-state index in [1.165, 1.54) is 51.7 Å². The van der Waals surface area contributed by atoms with Crippen LogP contribution < -0.4 is 4.90 Å². The third-order valence-corrected chi connectivity index (χ3v) is 7.37. The van der Waals surface area contributed by atoms with Gasteiger partial charge >= 0.3 is 0 Å². The van der Waals surface area contributed by atoms with Crippen LogP contribution in [0.15, 0.2) is 47.4 Å².